The fraction of sp³-hybridized carbons (Fsp3) is 0.455. The van der Waals surface area contributed by atoms with Crippen molar-refractivity contribution in [1.29, 1.82) is 0 Å². The minimum Gasteiger partial charge on any atom is -0.353 e. The molecular weight excluding hydrogens is 412 g/mol. The molecule has 0 radical (unpaired) electrons. The van der Waals surface area contributed by atoms with Crippen LogP contribution < -0.4 is 4.90 Å². The maximum atomic E-state index is 11.6. The summed E-state index contributed by atoms with van der Waals surface area (Å²) in [6.07, 6.45) is 3.96. The molecule has 1 atom stereocenters. The highest BCUT2D eigenvalue weighted by molar-refractivity contribution is 7.09. The smallest absolute Gasteiger partial charge is 0.244 e. The Hall–Kier alpha value is -2.78. The van der Waals surface area contributed by atoms with E-state index in [0.717, 1.165) is 63.5 Å². The number of aromatic nitrogens is 3. The van der Waals surface area contributed by atoms with Gasteiger partial charge in [0.1, 0.15) is 5.82 Å². The van der Waals surface area contributed by atoms with Crippen LogP contribution in [0.1, 0.15) is 36.6 Å². The molecule has 0 spiro atoms. The molecule has 0 aromatic carbocycles. The van der Waals surface area contributed by atoms with Crippen LogP contribution in [0.15, 0.2) is 40.4 Å². The van der Waals surface area contributed by atoms with Crippen LogP contribution in [0, 0.1) is 0 Å². The number of anilines is 1. The van der Waals surface area contributed by atoms with Gasteiger partial charge in [0.05, 0.1) is 6.04 Å². The normalized spacial score (nSPS) is 19.8. The van der Waals surface area contributed by atoms with Gasteiger partial charge < -0.3 is 14.3 Å². The van der Waals surface area contributed by atoms with Crippen LogP contribution in [-0.2, 0) is 11.3 Å². The zero-order valence-corrected chi connectivity index (χ0v) is 18.4. The lowest BCUT2D eigenvalue weighted by Crippen LogP contribution is -2.48. The molecule has 5 rings (SSSR count). The Bertz CT molecular complexity index is 1030. The van der Waals surface area contributed by atoms with Crippen molar-refractivity contribution < 1.29 is 9.32 Å². The molecule has 1 amide bonds. The molecular formula is C22H26N6O2S. The molecule has 1 unspecified atom stereocenters. The van der Waals surface area contributed by atoms with E-state index >= 15 is 0 Å². The molecule has 2 fully saturated rings. The fourth-order valence-corrected chi connectivity index (χ4v) is 5.10. The van der Waals surface area contributed by atoms with Crippen molar-refractivity contribution >= 4 is 23.1 Å². The summed E-state index contributed by atoms with van der Waals surface area (Å²) >= 11 is 1.78. The summed E-state index contributed by atoms with van der Waals surface area (Å²) in [6.45, 7) is 6.57. The number of piperazine rings is 1. The highest BCUT2D eigenvalue weighted by atomic mass is 32.1. The van der Waals surface area contributed by atoms with Crippen molar-refractivity contribution in [2.24, 2.45) is 0 Å². The monoisotopic (exact) mass is 438 g/mol. The van der Waals surface area contributed by atoms with Gasteiger partial charge in [0.2, 0.25) is 17.6 Å². The summed E-state index contributed by atoms with van der Waals surface area (Å²) in [5, 5.41) is 6.39. The Morgan fingerprint density at radius 1 is 1.23 bits per heavy atom. The van der Waals surface area contributed by atoms with Crippen molar-refractivity contribution in [2.45, 2.75) is 32.4 Å². The number of likely N-dealkylation sites (tertiary alicyclic amines) is 1. The van der Waals surface area contributed by atoms with Crippen LogP contribution in [0.3, 0.4) is 0 Å². The molecule has 2 aliphatic heterocycles. The fourth-order valence-electron chi connectivity index (χ4n) is 4.37. The van der Waals surface area contributed by atoms with Crippen molar-refractivity contribution in [3.8, 4) is 11.4 Å². The average Bonchev–Trinajstić information content (AvgIpc) is 3.56. The molecule has 0 bridgehead atoms. The Balaban J connectivity index is 1.30. The number of hydrogen-bond donors (Lipinski definition) is 0. The molecule has 0 saturated carbocycles. The van der Waals surface area contributed by atoms with Gasteiger partial charge in [-0.05, 0) is 43.0 Å². The predicted molar refractivity (Wildman–Crippen MR) is 119 cm³/mol. The second kappa shape index (κ2) is 8.76. The first-order chi connectivity index (χ1) is 15.2. The Kier molecular flexibility index (Phi) is 5.69. The zero-order chi connectivity index (χ0) is 21.2. The molecule has 162 valence electrons. The number of amides is 1. The number of carbonyl (C=O) groups excluding carboxylic acids is 1. The lowest BCUT2D eigenvalue weighted by Gasteiger charge is -2.34. The Morgan fingerprint density at radius 2 is 2.10 bits per heavy atom. The average molecular weight is 439 g/mol. The second-order valence-corrected chi connectivity index (χ2v) is 9.09. The van der Waals surface area contributed by atoms with E-state index < -0.39 is 0 Å². The van der Waals surface area contributed by atoms with E-state index in [1.165, 1.54) is 4.88 Å². The van der Waals surface area contributed by atoms with Gasteiger partial charge in [-0.1, -0.05) is 11.2 Å². The molecule has 31 heavy (non-hydrogen) atoms. The molecule has 3 aromatic heterocycles. The van der Waals surface area contributed by atoms with Gasteiger partial charge in [0.25, 0.3) is 0 Å². The number of nitrogens with zero attached hydrogens (tertiary/aromatic N) is 6. The minimum atomic E-state index is 0.126. The quantitative estimate of drug-likeness (QED) is 0.605. The minimum absolute atomic E-state index is 0.126. The summed E-state index contributed by atoms with van der Waals surface area (Å²) < 4.78 is 5.70. The highest BCUT2D eigenvalue weighted by Crippen LogP contribution is 2.34. The van der Waals surface area contributed by atoms with Crippen molar-refractivity contribution in [3.05, 3.63) is 46.6 Å². The standard InChI is InChI=1S/C22H26N6O2S/c1-16(29)26-9-11-27(12-10-26)20-14-17(6-7-23-20)21-24-22(30-25-21)19-5-2-8-28(19)15-18-4-3-13-31-18/h3-4,6-7,13-14,19H,2,5,8-12,15H2,1H3. The summed E-state index contributed by atoms with van der Waals surface area (Å²) in [7, 11) is 0. The molecule has 2 saturated heterocycles. The molecule has 0 aliphatic carbocycles. The SMILES string of the molecule is CC(=O)N1CCN(c2cc(-c3noc(C4CCCN4Cc4cccs4)n3)ccn2)CC1. The van der Waals surface area contributed by atoms with E-state index in [2.05, 4.69) is 37.5 Å². The van der Waals surface area contributed by atoms with E-state index in [-0.39, 0.29) is 11.9 Å². The second-order valence-electron chi connectivity index (χ2n) is 8.06. The molecule has 2 aliphatic rings. The lowest BCUT2D eigenvalue weighted by atomic mass is 10.2. The summed E-state index contributed by atoms with van der Waals surface area (Å²) in [4.78, 5) is 28.7. The van der Waals surface area contributed by atoms with Crippen LogP contribution in [0.4, 0.5) is 5.82 Å². The third kappa shape index (κ3) is 4.33. The van der Waals surface area contributed by atoms with E-state index in [4.69, 9.17) is 9.51 Å². The number of hydrogen-bond acceptors (Lipinski definition) is 8. The van der Waals surface area contributed by atoms with E-state index in [9.17, 15) is 4.79 Å². The highest BCUT2D eigenvalue weighted by Gasteiger charge is 2.31. The molecule has 3 aromatic rings. The van der Waals surface area contributed by atoms with Gasteiger partial charge in [-0.3, -0.25) is 9.69 Å². The number of carbonyl (C=O) groups is 1. The van der Waals surface area contributed by atoms with Crippen molar-refractivity contribution in [3.63, 3.8) is 0 Å². The van der Waals surface area contributed by atoms with Gasteiger partial charge in [0, 0.05) is 56.3 Å². The van der Waals surface area contributed by atoms with Crippen LogP contribution in [0.25, 0.3) is 11.4 Å². The van der Waals surface area contributed by atoms with Gasteiger partial charge in [0.15, 0.2) is 0 Å². The van der Waals surface area contributed by atoms with Crippen LogP contribution in [-0.4, -0.2) is 63.6 Å². The first-order valence-corrected chi connectivity index (χ1v) is 11.6. The van der Waals surface area contributed by atoms with Crippen molar-refractivity contribution in [1.82, 2.24) is 24.9 Å². The lowest BCUT2D eigenvalue weighted by molar-refractivity contribution is -0.129. The molecule has 9 heteroatoms. The van der Waals surface area contributed by atoms with Gasteiger partial charge in [-0.15, -0.1) is 11.3 Å². The largest absolute Gasteiger partial charge is 0.353 e. The maximum Gasteiger partial charge on any atom is 0.244 e. The maximum absolute atomic E-state index is 11.6. The number of thiophene rings is 1. The van der Waals surface area contributed by atoms with E-state index in [1.807, 2.05) is 17.0 Å². The van der Waals surface area contributed by atoms with Crippen molar-refractivity contribution in [2.75, 3.05) is 37.6 Å². The summed E-state index contributed by atoms with van der Waals surface area (Å²) in [5.74, 6) is 2.30. The Morgan fingerprint density at radius 3 is 2.87 bits per heavy atom. The van der Waals surface area contributed by atoms with Crippen LogP contribution >= 0.6 is 11.3 Å². The van der Waals surface area contributed by atoms with Gasteiger partial charge in [-0.2, -0.15) is 4.98 Å². The molecule has 0 N–H and O–H groups in total. The van der Waals surface area contributed by atoms with Crippen LogP contribution in [0.2, 0.25) is 0 Å². The van der Waals surface area contributed by atoms with Gasteiger partial charge in [-0.25, -0.2) is 4.98 Å². The van der Waals surface area contributed by atoms with Gasteiger partial charge >= 0.3 is 0 Å². The predicted octanol–water partition coefficient (Wildman–Crippen LogP) is 3.20. The topological polar surface area (TPSA) is 78.6 Å². The Labute approximate surface area is 185 Å². The van der Waals surface area contributed by atoms with E-state index in [0.29, 0.717) is 11.7 Å². The first-order valence-electron chi connectivity index (χ1n) is 10.7. The third-order valence-corrected chi connectivity index (χ3v) is 6.94. The zero-order valence-electron chi connectivity index (χ0n) is 17.6. The third-order valence-electron chi connectivity index (χ3n) is 6.08. The summed E-state index contributed by atoms with van der Waals surface area (Å²) in [5.41, 5.74) is 0.900. The number of rotatable bonds is 5. The molecule has 8 nitrogen and oxygen atoms in total. The summed E-state index contributed by atoms with van der Waals surface area (Å²) in [6, 6.07) is 8.37. The first kappa shape index (κ1) is 20.1. The van der Waals surface area contributed by atoms with Crippen LogP contribution in [0.5, 0.6) is 0 Å². The van der Waals surface area contributed by atoms with E-state index in [1.54, 1.807) is 24.5 Å². The molecule has 5 heterocycles. The number of pyridine rings is 1.